The first-order valence-corrected chi connectivity index (χ1v) is 6.61. The van der Waals surface area contributed by atoms with Crippen molar-refractivity contribution in [2.45, 2.75) is 18.4 Å². The van der Waals surface area contributed by atoms with Crippen molar-refractivity contribution in [3.05, 3.63) is 42.5 Å². The molecule has 1 fully saturated rings. The first kappa shape index (κ1) is 14.4. The van der Waals surface area contributed by atoms with Crippen LogP contribution in [0.2, 0.25) is 0 Å². The summed E-state index contributed by atoms with van der Waals surface area (Å²) >= 11 is 0. The van der Waals surface area contributed by atoms with Gasteiger partial charge in [-0.15, -0.1) is 0 Å². The molecule has 0 saturated carbocycles. The van der Waals surface area contributed by atoms with E-state index in [2.05, 4.69) is 6.58 Å². The van der Waals surface area contributed by atoms with Crippen LogP contribution in [0.4, 0.5) is 4.79 Å². The van der Waals surface area contributed by atoms with E-state index in [-0.39, 0.29) is 12.5 Å². The van der Waals surface area contributed by atoms with E-state index in [1.807, 2.05) is 24.3 Å². The van der Waals surface area contributed by atoms with Crippen molar-refractivity contribution >= 4 is 6.09 Å². The molecule has 1 amide bonds. The normalized spacial score (nSPS) is 22.4. The molecule has 0 aliphatic carbocycles. The maximum atomic E-state index is 10.9. The maximum Gasteiger partial charge on any atom is 0.407 e. The largest absolute Gasteiger partial charge is 0.490 e. The summed E-state index contributed by atoms with van der Waals surface area (Å²) in [6.45, 7) is 4.66. The van der Waals surface area contributed by atoms with Gasteiger partial charge in [0, 0.05) is 12.5 Å². The zero-order valence-corrected chi connectivity index (χ0v) is 11.2. The first-order chi connectivity index (χ1) is 9.61. The second-order valence-corrected chi connectivity index (χ2v) is 4.86. The van der Waals surface area contributed by atoms with Gasteiger partial charge in [0.05, 0.1) is 12.6 Å². The summed E-state index contributed by atoms with van der Waals surface area (Å²) in [5.74, 6) is 0.727. The standard InChI is InChI=1S/C15H19NO4/c1-2-9-20-12-5-3-11(4-6-12)13-7-8-16(15(18)19)10-14(13)17/h2-6,13-14,17H,1,7-10H2,(H,18,19). The van der Waals surface area contributed by atoms with Gasteiger partial charge in [-0.3, -0.25) is 0 Å². The molecule has 0 bridgehead atoms. The number of aliphatic hydroxyl groups excluding tert-OH is 1. The van der Waals surface area contributed by atoms with Crippen molar-refractivity contribution in [2.75, 3.05) is 19.7 Å². The van der Waals surface area contributed by atoms with Crippen LogP contribution in [0.25, 0.3) is 0 Å². The van der Waals surface area contributed by atoms with E-state index in [0.717, 1.165) is 11.3 Å². The Balaban J connectivity index is 2.01. The van der Waals surface area contributed by atoms with Gasteiger partial charge < -0.3 is 19.8 Å². The maximum absolute atomic E-state index is 10.9. The lowest BCUT2D eigenvalue weighted by Crippen LogP contribution is -2.45. The summed E-state index contributed by atoms with van der Waals surface area (Å²) in [7, 11) is 0. The number of β-amino-alcohol motifs (C(OH)–C–C–N with tert-alkyl or cyclic N) is 1. The predicted octanol–water partition coefficient (Wildman–Crippen LogP) is 2.08. The summed E-state index contributed by atoms with van der Waals surface area (Å²) < 4.78 is 5.41. The Labute approximate surface area is 118 Å². The highest BCUT2D eigenvalue weighted by Gasteiger charge is 2.30. The smallest absolute Gasteiger partial charge is 0.407 e. The molecule has 1 aromatic carbocycles. The number of rotatable bonds is 4. The minimum Gasteiger partial charge on any atom is -0.490 e. The highest BCUT2D eigenvalue weighted by atomic mass is 16.5. The van der Waals surface area contributed by atoms with Gasteiger partial charge in [-0.2, -0.15) is 0 Å². The summed E-state index contributed by atoms with van der Waals surface area (Å²) in [4.78, 5) is 12.1. The molecule has 2 rings (SSSR count). The second-order valence-electron chi connectivity index (χ2n) is 4.86. The number of carboxylic acid groups (broad SMARTS) is 1. The van der Waals surface area contributed by atoms with E-state index in [4.69, 9.17) is 9.84 Å². The van der Waals surface area contributed by atoms with Crippen molar-refractivity contribution in [1.29, 1.82) is 0 Å². The molecular formula is C15H19NO4. The molecule has 2 N–H and O–H groups in total. The van der Waals surface area contributed by atoms with E-state index < -0.39 is 12.2 Å². The third-order valence-electron chi connectivity index (χ3n) is 3.53. The predicted molar refractivity (Wildman–Crippen MR) is 75.1 cm³/mol. The number of likely N-dealkylation sites (tertiary alicyclic amines) is 1. The first-order valence-electron chi connectivity index (χ1n) is 6.61. The number of benzene rings is 1. The van der Waals surface area contributed by atoms with Crippen LogP contribution in [0.15, 0.2) is 36.9 Å². The third-order valence-corrected chi connectivity index (χ3v) is 3.53. The molecule has 2 atom stereocenters. The van der Waals surface area contributed by atoms with Gasteiger partial charge in [0.1, 0.15) is 12.4 Å². The number of hydrogen-bond donors (Lipinski definition) is 2. The average molecular weight is 277 g/mol. The van der Waals surface area contributed by atoms with Crippen molar-refractivity contribution in [3.8, 4) is 5.75 Å². The molecule has 1 aromatic rings. The van der Waals surface area contributed by atoms with Gasteiger partial charge in [-0.1, -0.05) is 24.8 Å². The van der Waals surface area contributed by atoms with Gasteiger partial charge in [0.15, 0.2) is 0 Å². The second kappa shape index (κ2) is 6.43. The van der Waals surface area contributed by atoms with Crippen molar-refractivity contribution in [2.24, 2.45) is 0 Å². The quantitative estimate of drug-likeness (QED) is 0.827. The molecule has 20 heavy (non-hydrogen) atoms. The molecular weight excluding hydrogens is 258 g/mol. The Hall–Kier alpha value is -2.01. The van der Waals surface area contributed by atoms with Crippen molar-refractivity contribution < 1.29 is 19.7 Å². The summed E-state index contributed by atoms with van der Waals surface area (Å²) in [6, 6.07) is 7.55. The number of piperidine rings is 1. The van der Waals surface area contributed by atoms with Gasteiger partial charge in [0.25, 0.3) is 0 Å². The molecule has 0 radical (unpaired) electrons. The Morgan fingerprint density at radius 2 is 2.15 bits per heavy atom. The summed E-state index contributed by atoms with van der Waals surface area (Å²) in [6.07, 6.45) is 0.662. The van der Waals surface area contributed by atoms with Crippen LogP contribution >= 0.6 is 0 Å². The summed E-state index contributed by atoms with van der Waals surface area (Å²) in [5, 5.41) is 19.0. The third kappa shape index (κ3) is 3.30. The van der Waals surface area contributed by atoms with Gasteiger partial charge in [0.2, 0.25) is 0 Å². The molecule has 1 aliphatic heterocycles. The zero-order valence-electron chi connectivity index (χ0n) is 11.2. The fourth-order valence-electron chi connectivity index (χ4n) is 2.46. The Morgan fingerprint density at radius 3 is 2.70 bits per heavy atom. The highest BCUT2D eigenvalue weighted by molar-refractivity contribution is 5.65. The molecule has 1 aliphatic rings. The Kier molecular flexibility index (Phi) is 4.63. The van der Waals surface area contributed by atoms with Crippen LogP contribution in [0.5, 0.6) is 5.75 Å². The van der Waals surface area contributed by atoms with Gasteiger partial charge >= 0.3 is 6.09 Å². The van der Waals surface area contributed by atoms with Crippen LogP contribution in [-0.4, -0.2) is 47.0 Å². The molecule has 1 saturated heterocycles. The highest BCUT2D eigenvalue weighted by Crippen LogP contribution is 2.29. The summed E-state index contributed by atoms with van der Waals surface area (Å²) in [5.41, 5.74) is 1.01. The fourth-order valence-corrected chi connectivity index (χ4v) is 2.46. The van der Waals surface area contributed by atoms with Crippen LogP contribution in [0.3, 0.4) is 0 Å². The molecule has 5 heteroatoms. The molecule has 0 spiro atoms. The SMILES string of the molecule is C=CCOc1ccc(C2CCN(C(=O)O)CC2O)cc1. The molecule has 0 aromatic heterocycles. The number of carbonyl (C=O) groups is 1. The van der Waals surface area contributed by atoms with Crippen LogP contribution in [-0.2, 0) is 0 Å². The fraction of sp³-hybridized carbons (Fsp3) is 0.400. The van der Waals surface area contributed by atoms with Crippen molar-refractivity contribution in [3.63, 3.8) is 0 Å². The van der Waals surface area contributed by atoms with Crippen LogP contribution in [0, 0.1) is 0 Å². The lowest BCUT2D eigenvalue weighted by Gasteiger charge is -2.34. The van der Waals surface area contributed by atoms with Crippen LogP contribution < -0.4 is 4.74 Å². The lowest BCUT2D eigenvalue weighted by molar-refractivity contribution is 0.0504. The molecule has 5 nitrogen and oxygen atoms in total. The number of hydrogen-bond acceptors (Lipinski definition) is 3. The Bertz CT molecular complexity index is 471. The Morgan fingerprint density at radius 1 is 1.45 bits per heavy atom. The molecule has 1 heterocycles. The van der Waals surface area contributed by atoms with Crippen molar-refractivity contribution in [1.82, 2.24) is 4.90 Å². The molecule has 2 unspecified atom stereocenters. The van der Waals surface area contributed by atoms with E-state index in [0.29, 0.717) is 19.6 Å². The minimum atomic E-state index is -0.976. The monoisotopic (exact) mass is 277 g/mol. The number of amides is 1. The van der Waals surface area contributed by atoms with Crippen LogP contribution in [0.1, 0.15) is 17.9 Å². The zero-order chi connectivity index (χ0) is 14.5. The van der Waals surface area contributed by atoms with E-state index in [1.165, 1.54) is 4.90 Å². The van der Waals surface area contributed by atoms with Gasteiger partial charge in [-0.25, -0.2) is 4.79 Å². The average Bonchev–Trinajstić information content (AvgIpc) is 2.45. The minimum absolute atomic E-state index is 0.0287. The topological polar surface area (TPSA) is 70.0 Å². The van der Waals surface area contributed by atoms with E-state index >= 15 is 0 Å². The number of ether oxygens (including phenoxy) is 1. The van der Waals surface area contributed by atoms with E-state index in [1.54, 1.807) is 6.08 Å². The number of nitrogens with zero attached hydrogens (tertiary/aromatic N) is 1. The number of aliphatic hydroxyl groups is 1. The van der Waals surface area contributed by atoms with E-state index in [9.17, 15) is 9.90 Å². The van der Waals surface area contributed by atoms with Gasteiger partial charge in [-0.05, 0) is 24.1 Å². The molecule has 108 valence electrons. The lowest BCUT2D eigenvalue weighted by atomic mass is 9.87.